The molecule has 156 valence electrons. The average molecular weight is 450 g/mol. The van der Waals surface area contributed by atoms with Crippen LogP contribution in [-0.4, -0.2) is 24.1 Å². The highest BCUT2D eigenvalue weighted by atomic mass is 35.5. The molecule has 0 aliphatic carbocycles. The van der Waals surface area contributed by atoms with Gasteiger partial charge >= 0.3 is 0 Å². The highest BCUT2D eigenvalue weighted by molar-refractivity contribution is 8.00. The molecule has 0 heterocycles. The summed E-state index contributed by atoms with van der Waals surface area (Å²) < 4.78 is 0. The van der Waals surface area contributed by atoms with Crippen LogP contribution in [0.4, 0.5) is 5.69 Å². The molecule has 0 fully saturated rings. The summed E-state index contributed by atoms with van der Waals surface area (Å²) in [4.78, 5) is 25.7. The molecular formula is C24H20ClN3O2S. The third kappa shape index (κ3) is 6.88. The average Bonchev–Trinajstić information content (AvgIpc) is 2.79. The van der Waals surface area contributed by atoms with Crippen LogP contribution in [-0.2, 0) is 11.2 Å². The maximum absolute atomic E-state index is 12.6. The Morgan fingerprint density at radius 1 is 1.00 bits per heavy atom. The molecule has 0 aliphatic heterocycles. The van der Waals surface area contributed by atoms with Crippen molar-refractivity contribution in [3.05, 3.63) is 94.5 Å². The van der Waals surface area contributed by atoms with Crippen molar-refractivity contribution < 1.29 is 9.59 Å². The molecule has 7 heteroatoms. The lowest BCUT2D eigenvalue weighted by Gasteiger charge is -2.10. The SMILES string of the molecule is N#Cc1cccc(NC(=O)CSc2ccccc2C(=O)NCCc2ccc(Cl)cc2)c1. The molecule has 0 unspecified atom stereocenters. The van der Waals surface area contributed by atoms with Gasteiger partial charge < -0.3 is 10.6 Å². The van der Waals surface area contributed by atoms with Crippen LogP contribution in [0, 0.1) is 11.3 Å². The maximum Gasteiger partial charge on any atom is 0.252 e. The summed E-state index contributed by atoms with van der Waals surface area (Å²) in [6.45, 7) is 0.495. The van der Waals surface area contributed by atoms with Gasteiger partial charge in [-0.25, -0.2) is 0 Å². The minimum Gasteiger partial charge on any atom is -0.352 e. The third-order valence-corrected chi connectivity index (χ3v) is 5.70. The summed E-state index contributed by atoms with van der Waals surface area (Å²) in [5.74, 6) is -0.247. The number of nitrogens with one attached hydrogen (secondary N) is 2. The Kier molecular flexibility index (Phi) is 8.11. The molecule has 0 spiro atoms. The highest BCUT2D eigenvalue weighted by Crippen LogP contribution is 2.23. The smallest absolute Gasteiger partial charge is 0.252 e. The van der Waals surface area contributed by atoms with Gasteiger partial charge in [0.1, 0.15) is 0 Å². The van der Waals surface area contributed by atoms with Gasteiger partial charge in [-0.05, 0) is 54.4 Å². The summed E-state index contributed by atoms with van der Waals surface area (Å²) in [6, 6.07) is 23.5. The highest BCUT2D eigenvalue weighted by Gasteiger charge is 2.13. The number of nitriles is 1. The van der Waals surface area contributed by atoms with Gasteiger partial charge in [0.15, 0.2) is 0 Å². The molecule has 31 heavy (non-hydrogen) atoms. The Balaban J connectivity index is 1.54. The molecular weight excluding hydrogens is 430 g/mol. The van der Waals surface area contributed by atoms with E-state index in [2.05, 4.69) is 10.6 Å². The lowest BCUT2D eigenvalue weighted by Crippen LogP contribution is -2.26. The predicted molar refractivity (Wildman–Crippen MR) is 124 cm³/mol. The van der Waals surface area contributed by atoms with E-state index < -0.39 is 0 Å². The van der Waals surface area contributed by atoms with E-state index in [-0.39, 0.29) is 17.6 Å². The van der Waals surface area contributed by atoms with Gasteiger partial charge in [0.25, 0.3) is 5.91 Å². The first-order valence-electron chi connectivity index (χ1n) is 9.59. The van der Waals surface area contributed by atoms with Crippen LogP contribution in [0.1, 0.15) is 21.5 Å². The zero-order valence-corrected chi connectivity index (χ0v) is 18.2. The van der Waals surface area contributed by atoms with Crippen molar-refractivity contribution in [3.63, 3.8) is 0 Å². The van der Waals surface area contributed by atoms with E-state index in [1.165, 1.54) is 11.8 Å². The fraction of sp³-hybridized carbons (Fsp3) is 0.125. The van der Waals surface area contributed by atoms with Gasteiger partial charge in [0.2, 0.25) is 5.91 Å². The van der Waals surface area contributed by atoms with E-state index in [9.17, 15) is 9.59 Å². The molecule has 3 aromatic carbocycles. The largest absolute Gasteiger partial charge is 0.352 e. The number of hydrogen-bond donors (Lipinski definition) is 2. The number of thioether (sulfide) groups is 1. The lowest BCUT2D eigenvalue weighted by molar-refractivity contribution is -0.113. The van der Waals surface area contributed by atoms with E-state index in [0.29, 0.717) is 34.8 Å². The normalized spacial score (nSPS) is 10.2. The molecule has 5 nitrogen and oxygen atoms in total. The predicted octanol–water partition coefficient (Wildman–Crippen LogP) is 4.91. The standard InChI is InChI=1S/C24H20ClN3O2S/c25-19-10-8-17(9-11-19)12-13-27-24(30)21-6-1-2-7-22(21)31-16-23(29)28-20-5-3-4-18(14-20)15-26/h1-11,14H,12-13,16H2,(H,27,30)(H,28,29). The molecule has 0 radical (unpaired) electrons. The van der Waals surface area contributed by atoms with Crippen molar-refractivity contribution >= 4 is 40.9 Å². The first kappa shape index (κ1) is 22.4. The zero-order chi connectivity index (χ0) is 22.1. The number of anilines is 1. The van der Waals surface area contributed by atoms with Crippen LogP contribution >= 0.6 is 23.4 Å². The van der Waals surface area contributed by atoms with Gasteiger partial charge in [0, 0.05) is 22.2 Å². The minimum atomic E-state index is -0.210. The first-order chi connectivity index (χ1) is 15.0. The van der Waals surface area contributed by atoms with Crippen LogP contribution in [0.15, 0.2) is 77.7 Å². The maximum atomic E-state index is 12.6. The van der Waals surface area contributed by atoms with Crippen molar-refractivity contribution in [2.45, 2.75) is 11.3 Å². The Morgan fingerprint density at radius 2 is 1.77 bits per heavy atom. The Labute approximate surface area is 190 Å². The van der Waals surface area contributed by atoms with Crippen LogP contribution in [0.3, 0.4) is 0 Å². The summed E-state index contributed by atoms with van der Waals surface area (Å²) >= 11 is 7.18. The molecule has 2 amide bonds. The van der Waals surface area contributed by atoms with E-state index in [0.717, 1.165) is 10.5 Å². The Morgan fingerprint density at radius 3 is 2.55 bits per heavy atom. The summed E-state index contributed by atoms with van der Waals surface area (Å²) in [6.07, 6.45) is 0.697. The molecule has 2 N–H and O–H groups in total. The Hall–Kier alpha value is -3.27. The summed E-state index contributed by atoms with van der Waals surface area (Å²) in [5, 5.41) is 15.3. The minimum absolute atomic E-state index is 0.145. The summed E-state index contributed by atoms with van der Waals surface area (Å²) in [7, 11) is 0. The molecule has 0 saturated heterocycles. The number of carbonyl (C=O) groups excluding carboxylic acids is 2. The lowest BCUT2D eigenvalue weighted by atomic mass is 10.1. The van der Waals surface area contributed by atoms with Crippen molar-refractivity contribution in [3.8, 4) is 6.07 Å². The zero-order valence-electron chi connectivity index (χ0n) is 16.6. The monoisotopic (exact) mass is 449 g/mol. The van der Waals surface area contributed by atoms with Gasteiger partial charge in [-0.2, -0.15) is 5.26 Å². The number of hydrogen-bond acceptors (Lipinski definition) is 4. The van der Waals surface area contributed by atoms with Crippen LogP contribution in [0.25, 0.3) is 0 Å². The van der Waals surface area contributed by atoms with Crippen molar-refractivity contribution in [1.29, 1.82) is 5.26 Å². The number of halogens is 1. The fourth-order valence-electron chi connectivity index (χ4n) is 2.85. The van der Waals surface area contributed by atoms with E-state index >= 15 is 0 Å². The first-order valence-corrected chi connectivity index (χ1v) is 11.0. The van der Waals surface area contributed by atoms with Gasteiger partial charge in [0.05, 0.1) is 22.9 Å². The number of nitrogens with zero attached hydrogens (tertiary/aromatic N) is 1. The van der Waals surface area contributed by atoms with Gasteiger partial charge in [-0.15, -0.1) is 11.8 Å². The van der Waals surface area contributed by atoms with Crippen molar-refractivity contribution in [1.82, 2.24) is 5.32 Å². The van der Waals surface area contributed by atoms with Gasteiger partial charge in [-0.3, -0.25) is 9.59 Å². The van der Waals surface area contributed by atoms with E-state index in [4.69, 9.17) is 16.9 Å². The van der Waals surface area contributed by atoms with Crippen LogP contribution < -0.4 is 10.6 Å². The third-order valence-electron chi connectivity index (χ3n) is 4.38. The second-order valence-electron chi connectivity index (χ2n) is 6.66. The molecule has 0 atom stereocenters. The second kappa shape index (κ2) is 11.2. The van der Waals surface area contributed by atoms with Crippen molar-refractivity contribution in [2.24, 2.45) is 0 Å². The topological polar surface area (TPSA) is 82.0 Å². The number of rotatable bonds is 8. The number of carbonyl (C=O) groups is 2. The summed E-state index contributed by atoms with van der Waals surface area (Å²) in [5.41, 5.74) is 2.66. The number of amides is 2. The van der Waals surface area contributed by atoms with E-state index in [1.807, 2.05) is 42.5 Å². The quantitative estimate of drug-likeness (QED) is 0.478. The molecule has 0 aliphatic rings. The molecule has 3 rings (SSSR count). The van der Waals surface area contributed by atoms with Crippen LogP contribution in [0.5, 0.6) is 0 Å². The second-order valence-corrected chi connectivity index (χ2v) is 8.11. The van der Waals surface area contributed by atoms with E-state index in [1.54, 1.807) is 36.4 Å². The fourth-order valence-corrected chi connectivity index (χ4v) is 3.83. The molecule has 3 aromatic rings. The molecule has 0 aromatic heterocycles. The van der Waals surface area contributed by atoms with Crippen molar-refractivity contribution in [2.75, 3.05) is 17.6 Å². The van der Waals surface area contributed by atoms with Crippen LogP contribution in [0.2, 0.25) is 5.02 Å². The molecule has 0 saturated carbocycles. The number of benzene rings is 3. The van der Waals surface area contributed by atoms with Gasteiger partial charge in [-0.1, -0.05) is 41.9 Å². The Bertz CT molecular complexity index is 1110. The molecule has 0 bridgehead atoms.